The van der Waals surface area contributed by atoms with Crippen molar-refractivity contribution in [2.45, 2.75) is 39.3 Å². The van der Waals surface area contributed by atoms with E-state index in [1.807, 2.05) is 6.33 Å². The fourth-order valence-corrected chi connectivity index (χ4v) is 2.37. The monoisotopic (exact) mass is 223 g/mol. The predicted octanol–water partition coefficient (Wildman–Crippen LogP) is 2.01. The maximum Gasteiger partial charge on any atom is 0.112 e. The molecule has 2 rings (SSSR count). The van der Waals surface area contributed by atoms with Crippen LogP contribution in [0.2, 0.25) is 0 Å². The van der Waals surface area contributed by atoms with Gasteiger partial charge in [-0.15, -0.1) is 0 Å². The van der Waals surface area contributed by atoms with E-state index >= 15 is 0 Å². The van der Waals surface area contributed by atoms with E-state index in [2.05, 4.69) is 35.6 Å². The van der Waals surface area contributed by atoms with Gasteiger partial charge in [0, 0.05) is 17.6 Å². The summed E-state index contributed by atoms with van der Waals surface area (Å²) < 4.78 is 3.04. The zero-order valence-corrected chi connectivity index (χ0v) is 10.3. The lowest BCUT2D eigenvalue weighted by molar-refractivity contribution is 0.380. The van der Waals surface area contributed by atoms with Crippen molar-refractivity contribution in [2.75, 3.05) is 6.54 Å². The van der Waals surface area contributed by atoms with Crippen molar-refractivity contribution < 1.29 is 0 Å². The third-order valence-corrected chi connectivity index (χ3v) is 3.16. The highest BCUT2D eigenvalue weighted by Gasteiger charge is 2.18. The molecule has 1 aromatic heterocycles. The Balaban J connectivity index is 2.58. The Kier molecular flexibility index (Phi) is 2.64. The Morgan fingerprint density at radius 3 is 2.87 bits per heavy atom. The minimum absolute atomic E-state index is 0.0178. The van der Waals surface area contributed by atoms with Crippen molar-refractivity contribution in [1.82, 2.24) is 14.9 Å². The molecular formula is C11H17N3S. The van der Waals surface area contributed by atoms with Crippen LogP contribution >= 0.6 is 12.2 Å². The highest BCUT2D eigenvalue weighted by atomic mass is 32.1. The summed E-state index contributed by atoms with van der Waals surface area (Å²) in [5, 5.41) is 3.31. The smallest absolute Gasteiger partial charge is 0.112 e. The van der Waals surface area contributed by atoms with Gasteiger partial charge in [0.25, 0.3) is 0 Å². The largest absolute Gasteiger partial charge is 0.318 e. The van der Waals surface area contributed by atoms with E-state index in [0.29, 0.717) is 0 Å². The Bertz CT molecular complexity index is 428. The number of hydrogen-bond donors (Lipinski definition) is 1. The van der Waals surface area contributed by atoms with Gasteiger partial charge in [0.05, 0.1) is 12.0 Å². The molecule has 0 saturated carbocycles. The van der Waals surface area contributed by atoms with Crippen LogP contribution in [-0.2, 0) is 18.5 Å². The number of rotatable bonds is 0. The van der Waals surface area contributed by atoms with Crippen LogP contribution in [0.5, 0.6) is 0 Å². The van der Waals surface area contributed by atoms with Crippen molar-refractivity contribution in [3.05, 3.63) is 22.2 Å². The lowest BCUT2D eigenvalue weighted by Crippen LogP contribution is -2.30. The Labute approximate surface area is 95.5 Å². The summed E-state index contributed by atoms with van der Waals surface area (Å²) in [5.41, 5.74) is 2.39. The van der Waals surface area contributed by atoms with Crippen molar-refractivity contribution >= 4 is 12.2 Å². The molecule has 0 spiro atoms. The van der Waals surface area contributed by atoms with Gasteiger partial charge in [-0.25, -0.2) is 4.98 Å². The molecule has 0 atom stereocenters. The highest BCUT2D eigenvalue weighted by Crippen LogP contribution is 2.19. The normalized spacial score (nSPS) is 16.2. The lowest BCUT2D eigenvalue weighted by atomic mass is 10.1. The summed E-state index contributed by atoms with van der Waals surface area (Å²) in [6, 6.07) is 0. The minimum Gasteiger partial charge on any atom is -0.318 e. The van der Waals surface area contributed by atoms with E-state index < -0.39 is 0 Å². The second-order valence-electron chi connectivity index (χ2n) is 4.94. The van der Waals surface area contributed by atoms with Crippen molar-refractivity contribution in [2.24, 2.45) is 0 Å². The van der Waals surface area contributed by atoms with Gasteiger partial charge in [0.15, 0.2) is 0 Å². The molecule has 15 heavy (non-hydrogen) atoms. The third-order valence-electron chi connectivity index (χ3n) is 2.72. The van der Waals surface area contributed by atoms with Gasteiger partial charge in [0.1, 0.15) is 4.64 Å². The fourth-order valence-electron chi connectivity index (χ4n) is 1.83. The summed E-state index contributed by atoms with van der Waals surface area (Å²) in [6.07, 6.45) is 2.87. The zero-order chi connectivity index (χ0) is 11.1. The second-order valence-corrected chi connectivity index (χ2v) is 5.33. The molecule has 4 heteroatoms. The number of nitrogens with one attached hydrogen (secondary N) is 1. The molecule has 82 valence electrons. The molecule has 3 nitrogen and oxygen atoms in total. The zero-order valence-electron chi connectivity index (χ0n) is 9.50. The summed E-state index contributed by atoms with van der Waals surface area (Å²) in [6.45, 7) is 8.31. The first-order valence-corrected chi connectivity index (χ1v) is 5.71. The molecule has 0 unspecified atom stereocenters. The molecular weight excluding hydrogens is 206 g/mol. The van der Waals surface area contributed by atoms with E-state index in [-0.39, 0.29) is 5.54 Å². The average Bonchev–Trinajstić information content (AvgIpc) is 2.16. The molecule has 0 aliphatic carbocycles. The van der Waals surface area contributed by atoms with Crippen LogP contribution in [0.1, 0.15) is 32.0 Å². The topological polar surface area (TPSA) is 29.9 Å². The summed E-state index contributed by atoms with van der Waals surface area (Å²) in [7, 11) is 0. The van der Waals surface area contributed by atoms with Crippen LogP contribution < -0.4 is 5.32 Å². The Hall–Kier alpha value is -0.740. The summed E-state index contributed by atoms with van der Waals surface area (Å²) in [5.74, 6) is 0. The Morgan fingerprint density at radius 2 is 2.20 bits per heavy atom. The molecule has 0 fully saturated rings. The first-order chi connectivity index (χ1) is 7.00. The van der Waals surface area contributed by atoms with Gasteiger partial charge in [-0.05, 0) is 33.7 Å². The first kappa shape index (κ1) is 10.8. The molecule has 1 aliphatic rings. The predicted molar refractivity (Wildman–Crippen MR) is 63.5 cm³/mol. The van der Waals surface area contributed by atoms with Gasteiger partial charge in [-0.1, -0.05) is 12.2 Å². The molecule has 0 aromatic carbocycles. The van der Waals surface area contributed by atoms with Crippen molar-refractivity contribution in [3.63, 3.8) is 0 Å². The molecule has 0 radical (unpaired) electrons. The van der Waals surface area contributed by atoms with Crippen LogP contribution in [0.15, 0.2) is 6.33 Å². The van der Waals surface area contributed by atoms with Gasteiger partial charge < -0.3 is 9.88 Å². The quantitative estimate of drug-likeness (QED) is 0.682. The van der Waals surface area contributed by atoms with Crippen molar-refractivity contribution in [1.29, 1.82) is 0 Å². The average molecular weight is 223 g/mol. The van der Waals surface area contributed by atoms with Crippen LogP contribution in [-0.4, -0.2) is 16.1 Å². The van der Waals surface area contributed by atoms with Gasteiger partial charge >= 0.3 is 0 Å². The number of nitrogens with zero attached hydrogens (tertiary/aromatic N) is 2. The molecule has 0 bridgehead atoms. The maximum atomic E-state index is 5.52. The van der Waals surface area contributed by atoms with Crippen LogP contribution in [0.4, 0.5) is 0 Å². The SMILES string of the molecule is CC(C)(C)n1cnc2c(c1=S)CCNC2. The fraction of sp³-hybridized carbons (Fsp3) is 0.636. The highest BCUT2D eigenvalue weighted by molar-refractivity contribution is 7.71. The molecule has 1 aromatic rings. The van der Waals surface area contributed by atoms with E-state index in [0.717, 1.165) is 29.8 Å². The molecule has 2 heterocycles. The van der Waals surface area contributed by atoms with Crippen LogP contribution in [0.25, 0.3) is 0 Å². The minimum atomic E-state index is 0.0178. The van der Waals surface area contributed by atoms with Gasteiger partial charge in [-0.3, -0.25) is 0 Å². The van der Waals surface area contributed by atoms with Gasteiger partial charge in [-0.2, -0.15) is 0 Å². The van der Waals surface area contributed by atoms with E-state index in [1.165, 1.54) is 5.56 Å². The maximum absolute atomic E-state index is 5.52. The molecule has 0 amide bonds. The number of aromatic nitrogens is 2. The van der Waals surface area contributed by atoms with Crippen LogP contribution in [0, 0.1) is 4.64 Å². The van der Waals surface area contributed by atoms with E-state index in [9.17, 15) is 0 Å². The molecule has 0 saturated heterocycles. The summed E-state index contributed by atoms with van der Waals surface area (Å²) in [4.78, 5) is 4.48. The standard InChI is InChI=1S/C11H17N3S/c1-11(2,3)14-7-13-9-6-12-5-4-8(9)10(14)15/h7,12H,4-6H2,1-3H3. The number of hydrogen-bond acceptors (Lipinski definition) is 3. The van der Waals surface area contributed by atoms with E-state index in [1.54, 1.807) is 0 Å². The molecule has 1 aliphatic heterocycles. The Morgan fingerprint density at radius 1 is 1.47 bits per heavy atom. The van der Waals surface area contributed by atoms with Crippen molar-refractivity contribution in [3.8, 4) is 0 Å². The second kappa shape index (κ2) is 3.68. The third kappa shape index (κ3) is 1.96. The lowest BCUT2D eigenvalue weighted by Gasteiger charge is -2.26. The number of fused-ring (bicyclic) bond motifs is 1. The van der Waals surface area contributed by atoms with E-state index in [4.69, 9.17) is 12.2 Å². The molecule has 1 N–H and O–H groups in total. The van der Waals surface area contributed by atoms with Gasteiger partial charge in [0.2, 0.25) is 0 Å². The first-order valence-electron chi connectivity index (χ1n) is 5.31. The summed E-state index contributed by atoms with van der Waals surface area (Å²) >= 11 is 5.52. The van der Waals surface area contributed by atoms with Crippen LogP contribution in [0.3, 0.4) is 0 Å².